The van der Waals surface area contributed by atoms with E-state index in [0.29, 0.717) is 5.69 Å². The van der Waals surface area contributed by atoms with Crippen LogP contribution in [0.2, 0.25) is 0 Å². The Kier molecular flexibility index (Phi) is 4.90. The fourth-order valence-corrected chi connectivity index (χ4v) is 1.84. The molecule has 0 saturated carbocycles. The molecule has 0 atom stereocenters. The molecule has 0 bridgehead atoms. The van der Waals surface area contributed by atoms with E-state index < -0.39 is 29.1 Å². The van der Waals surface area contributed by atoms with Gasteiger partial charge in [-0.3, -0.25) is 9.59 Å². The van der Waals surface area contributed by atoms with Crippen LogP contribution in [-0.2, 0) is 9.59 Å². The number of nitrogens with zero attached hydrogens (tertiary/aromatic N) is 1. The number of para-hydroxylation sites is 1. The molecule has 0 aliphatic rings. The highest BCUT2D eigenvalue weighted by Gasteiger charge is 2.18. The fraction of sp³-hybridized carbons (Fsp3) is 0.125. The third-order valence-corrected chi connectivity index (χ3v) is 3.03. The van der Waals surface area contributed by atoms with Crippen molar-refractivity contribution < 1.29 is 18.4 Å². The molecule has 0 aliphatic carbocycles. The molecule has 2 aromatic rings. The van der Waals surface area contributed by atoms with Crippen molar-refractivity contribution in [2.24, 2.45) is 0 Å². The topological polar surface area (TPSA) is 61.4 Å². The van der Waals surface area contributed by atoms with Crippen LogP contribution in [0.1, 0.15) is 0 Å². The van der Waals surface area contributed by atoms with Gasteiger partial charge in [-0.1, -0.05) is 12.1 Å². The number of carbonyl (C=O) groups excluding carboxylic acids is 2. The van der Waals surface area contributed by atoms with E-state index in [1.165, 1.54) is 0 Å². The minimum Gasteiger partial charge on any atom is -0.378 e. The number of anilines is 3. The van der Waals surface area contributed by atoms with E-state index in [-0.39, 0.29) is 0 Å². The van der Waals surface area contributed by atoms with Gasteiger partial charge in [0.1, 0.15) is 17.3 Å². The third-order valence-electron chi connectivity index (χ3n) is 3.03. The number of hydrogen-bond acceptors (Lipinski definition) is 3. The van der Waals surface area contributed by atoms with Gasteiger partial charge in [0, 0.05) is 25.5 Å². The molecule has 0 heterocycles. The lowest BCUT2D eigenvalue weighted by Gasteiger charge is -2.14. The van der Waals surface area contributed by atoms with Crippen LogP contribution >= 0.6 is 0 Å². The molecule has 0 unspecified atom stereocenters. The molecule has 2 amide bonds. The van der Waals surface area contributed by atoms with Gasteiger partial charge in [-0.15, -0.1) is 0 Å². The van der Waals surface area contributed by atoms with Gasteiger partial charge >= 0.3 is 11.8 Å². The van der Waals surface area contributed by atoms with E-state index in [4.69, 9.17) is 0 Å². The number of nitrogens with one attached hydrogen (secondary N) is 2. The van der Waals surface area contributed by atoms with Crippen molar-refractivity contribution >= 4 is 28.9 Å². The average Bonchev–Trinajstić information content (AvgIpc) is 2.51. The average molecular weight is 319 g/mol. The van der Waals surface area contributed by atoms with Crippen LogP contribution in [0, 0.1) is 11.6 Å². The second kappa shape index (κ2) is 6.87. The van der Waals surface area contributed by atoms with E-state index in [2.05, 4.69) is 5.32 Å². The van der Waals surface area contributed by atoms with Gasteiger partial charge in [0.25, 0.3) is 0 Å². The Bertz CT molecular complexity index is 728. The zero-order valence-corrected chi connectivity index (χ0v) is 12.6. The first-order valence-corrected chi connectivity index (χ1v) is 6.72. The summed E-state index contributed by atoms with van der Waals surface area (Å²) in [6, 6.07) is 9.92. The first kappa shape index (κ1) is 16.4. The van der Waals surface area contributed by atoms with Crippen LogP contribution in [0.5, 0.6) is 0 Å². The van der Waals surface area contributed by atoms with Gasteiger partial charge in [0.15, 0.2) is 0 Å². The molecule has 0 fully saturated rings. The molecule has 0 radical (unpaired) electrons. The first-order valence-electron chi connectivity index (χ1n) is 6.72. The van der Waals surface area contributed by atoms with Crippen molar-refractivity contribution in [3.63, 3.8) is 0 Å². The van der Waals surface area contributed by atoms with Crippen molar-refractivity contribution in [1.29, 1.82) is 0 Å². The minimum atomic E-state index is -1.16. The number of amides is 2. The van der Waals surface area contributed by atoms with E-state index in [1.807, 2.05) is 30.4 Å². The Morgan fingerprint density at radius 2 is 1.48 bits per heavy atom. The highest BCUT2D eigenvalue weighted by Crippen LogP contribution is 2.19. The summed E-state index contributed by atoms with van der Waals surface area (Å²) in [5, 5.41) is 4.30. The molecular formula is C16H15F2N3O2. The Morgan fingerprint density at radius 3 is 2.09 bits per heavy atom. The summed E-state index contributed by atoms with van der Waals surface area (Å²) < 4.78 is 26.9. The molecular weight excluding hydrogens is 304 g/mol. The lowest BCUT2D eigenvalue weighted by Crippen LogP contribution is -2.29. The minimum absolute atomic E-state index is 0.394. The molecule has 0 aliphatic heterocycles. The maximum Gasteiger partial charge on any atom is 0.314 e. The van der Waals surface area contributed by atoms with Gasteiger partial charge in [-0.2, -0.15) is 0 Å². The molecule has 7 heteroatoms. The molecule has 0 aromatic heterocycles. The van der Waals surface area contributed by atoms with Gasteiger partial charge in [0.2, 0.25) is 0 Å². The number of carbonyl (C=O) groups is 2. The zero-order valence-electron chi connectivity index (χ0n) is 12.6. The summed E-state index contributed by atoms with van der Waals surface area (Å²) in [5.41, 5.74) is 0.559. The van der Waals surface area contributed by atoms with Gasteiger partial charge in [-0.05, 0) is 30.3 Å². The Labute approximate surface area is 131 Å². The first-order chi connectivity index (χ1) is 10.9. The van der Waals surface area contributed by atoms with Gasteiger partial charge in [-0.25, -0.2) is 8.78 Å². The molecule has 2 rings (SSSR count). The monoisotopic (exact) mass is 319 g/mol. The smallest absolute Gasteiger partial charge is 0.314 e. The van der Waals surface area contributed by atoms with Gasteiger partial charge in [0.05, 0.1) is 0 Å². The SMILES string of the molecule is CN(C)c1cccc(NC(=O)C(=O)Nc2c(F)cccc2F)c1. The lowest BCUT2D eigenvalue weighted by atomic mass is 10.2. The summed E-state index contributed by atoms with van der Waals surface area (Å²) >= 11 is 0. The van der Waals surface area contributed by atoms with Crippen LogP contribution in [0.4, 0.5) is 25.8 Å². The highest BCUT2D eigenvalue weighted by atomic mass is 19.1. The molecule has 23 heavy (non-hydrogen) atoms. The fourth-order valence-electron chi connectivity index (χ4n) is 1.84. The predicted octanol–water partition coefficient (Wildman–Crippen LogP) is 2.61. The van der Waals surface area contributed by atoms with Crippen LogP contribution in [-0.4, -0.2) is 25.9 Å². The van der Waals surface area contributed by atoms with Crippen molar-refractivity contribution in [2.45, 2.75) is 0 Å². The quantitative estimate of drug-likeness (QED) is 0.855. The maximum atomic E-state index is 13.5. The Hall–Kier alpha value is -2.96. The van der Waals surface area contributed by atoms with Crippen LogP contribution in [0.25, 0.3) is 0 Å². The number of rotatable bonds is 3. The number of benzene rings is 2. The van der Waals surface area contributed by atoms with Gasteiger partial charge < -0.3 is 15.5 Å². The summed E-state index contributed by atoms with van der Waals surface area (Å²) in [5.74, 6) is -4.10. The molecule has 0 spiro atoms. The normalized spacial score (nSPS) is 10.1. The second-order valence-corrected chi connectivity index (χ2v) is 4.95. The molecule has 2 aromatic carbocycles. The summed E-state index contributed by atoms with van der Waals surface area (Å²) in [4.78, 5) is 25.4. The van der Waals surface area contributed by atoms with Crippen LogP contribution in [0.15, 0.2) is 42.5 Å². The van der Waals surface area contributed by atoms with Crippen LogP contribution in [0.3, 0.4) is 0 Å². The van der Waals surface area contributed by atoms with Crippen molar-refractivity contribution in [2.75, 3.05) is 29.6 Å². The summed E-state index contributed by atoms with van der Waals surface area (Å²) in [6.07, 6.45) is 0. The second-order valence-electron chi connectivity index (χ2n) is 4.95. The molecule has 120 valence electrons. The van der Waals surface area contributed by atoms with E-state index in [9.17, 15) is 18.4 Å². The van der Waals surface area contributed by atoms with E-state index >= 15 is 0 Å². The van der Waals surface area contributed by atoms with Crippen molar-refractivity contribution in [3.8, 4) is 0 Å². The lowest BCUT2D eigenvalue weighted by molar-refractivity contribution is -0.133. The van der Waals surface area contributed by atoms with Crippen LogP contribution < -0.4 is 15.5 Å². The number of hydrogen-bond donors (Lipinski definition) is 2. The molecule has 2 N–H and O–H groups in total. The summed E-state index contributed by atoms with van der Waals surface area (Å²) in [7, 11) is 3.66. The van der Waals surface area contributed by atoms with E-state index in [1.54, 1.807) is 18.2 Å². The Balaban J connectivity index is 2.09. The largest absolute Gasteiger partial charge is 0.378 e. The highest BCUT2D eigenvalue weighted by molar-refractivity contribution is 6.43. The maximum absolute atomic E-state index is 13.5. The number of halogens is 2. The van der Waals surface area contributed by atoms with Crippen molar-refractivity contribution in [1.82, 2.24) is 0 Å². The standard InChI is InChI=1S/C16H15F2N3O2/c1-21(2)11-6-3-5-10(9-11)19-15(22)16(23)20-14-12(17)7-4-8-13(14)18/h3-9H,1-2H3,(H,19,22)(H,20,23). The Morgan fingerprint density at radius 1 is 0.913 bits per heavy atom. The third kappa shape index (κ3) is 4.03. The molecule has 0 saturated heterocycles. The summed E-state index contributed by atoms with van der Waals surface area (Å²) in [6.45, 7) is 0. The zero-order chi connectivity index (χ0) is 17.0. The predicted molar refractivity (Wildman–Crippen MR) is 84.4 cm³/mol. The van der Waals surface area contributed by atoms with Crippen molar-refractivity contribution in [3.05, 3.63) is 54.1 Å². The molecule has 5 nitrogen and oxygen atoms in total. The van der Waals surface area contributed by atoms with E-state index in [0.717, 1.165) is 23.9 Å².